The molecule has 136 valence electrons. The second kappa shape index (κ2) is 6.96. The van der Waals surface area contributed by atoms with Crippen molar-refractivity contribution in [2.45, 2.75) is 0 Å². The molecule has 4 nitrogen and oxygen atoms in total. The minimum Gasteiger partial charge on any atom is -0.294 e. The zero-order valence-corrected chi connectivity index (χ0v) is 15.2. The Kier molecular flexibility index (Phi) is 4.49. The van der Waals surface area contributed by atoms with Crippen molar-refractivity contribution in [3.63, 3.8) is 0 Å². The van der Waals surface area contributed by atoms with E-state index in [0.717, 1.165) is 17.2 Å². The van der Waals surface area contributed by atoms with E-state index in [4.69, 9.17) is 11.6 Å². The summed E-state index contributed by atoms with van der Waals surface area (Å²) in [5, 5.41) is 4.04. The van der Waals surface area contributed by atoms with Crippen LogP contribution >= 0.6 is 11.6 Å². The summed E-state index contributed by atoms with van der Waals surface area (Å²) in [6, 6.07) is 10.6. The number of hydrazine groups is 1. The average molecular weight is 385 g/mol. The molecule has 3 aromatic rings. The van der Waals surface area contributed by atoms with Crippen LogP contribution in [0.15, 0.2) is 61.1 Å². The highest BCUT2D eigenvalue weighted by molar-refractivity contribution is 6.29. The molecule has 7 heteroatoms. The normalized spacial score (nSPS) is 13.9. The fourth-order valence-electron chi connectivity index (χ4n) is 3.06. The average Bonchev–Trinajstić information content (AvgIpc) is 3.04. The summed E-state index contributed by atoms with van der Waals surface area (Å²) >= 11 is 6.18. The number of pyridine rings is 2. The SMILES string of the molecule is CN1C=C(c2cccnc2)CN1c1cc(-c2ccc(F)cc2F)cc(Cl)n1. The van der Waals surface area contributed by atoms with Crippen molar-refractivity contribution in [1.29, 1.82) is 0 Å². The molecule has 27 heavy (non-hydrogen) atoms. The fraction of sp³-hybridized carbons (Fsp3) is 0.100. The monoisotopic (exact) mass is 384 g/mol. The van der Waals surface area contributed by atoms with Crippen LogP contribution in [0, 0.1) is 11.6 Å². The van der Waals surface area contributed by atoms with Crippen LogP contribution in [0.4, 0.5) is 14.6 Å². The number of halogens is 3. The standard InChI is InChI=1S/C20H15ClF2N4/c1-26-11-15(13-3-2-6-24-10-13)12-27(26)20-8-14(7-19(21)25-20)17-5-4-16(22)9-18(17)23/h2-11H,12H2,1H3. The Morgan fingerprint density at radius 3 is 2.67 bits per heavy atom. The molecule has 1 aliphatic rings. The van der Waals surface area contributed by atoms with Gasteiger partial charge in [0.05, 0.1) is 6.54 Å². The molecule has 0 amide bonds. The van der Waals surface area contributed by atoms with Crippen LogP contribution in [-0.2, 0) is 0 Å². The smallest absolute Gasteiger partial charge is 0.149 e. The summed E-state index contributed by atoms with van der Waals surface area (Å²) < 4.78 is 27.4. The van der Waals surface area contributed by atoms with Crippen LogP contribution in [0.5, 0.6) is 0 Å². The molecular weight excluding hydrogens is 370 g/mol. The van der Waals surface area contributed by atoms with E-state index in [-0.39, 0.29) is 10.7 Å². The summed E-state index contributed by atoms with van der Waals surface area (Å²) in [6.45, 7) is 0.570. The molecule has 0 atom stereocenters. The third kappa shape index (κ3) is 3.48. The molecule has 0 saturated carbocycles. The molecule has 0 unspecified atom stereocenters. The highest BCUT2D eigenvalue weighted by Gasteiger charge is 2.23. The van der Waals surface area contributed by atoms with Crippen LogP contribution in [0.2, 0.25) is 5.15 Å². The predicted molar refractivity (Wildman–Crippen MR) is 102 cm³/mol. The Hall–Kier alpha value is -2.99. The van der Waals surface area contributed by atoms with Crippen molar-refractivity contribution >= 4 is 23.0 Å². The predicted octanol–water partition coefficient (Wildman–Crippen LogP) is 4.78. The lowest BCUT2D eigenvalue weighted by Crippen LogP contribution is -2.32. The minimum absolute atomic E-state index is 0.231. The molecule has 0 aliphatic carbocycles. The van der Waals surface area contributed by atoms with Crippen LogP contribution in [0.1, 0.15) is 5.56 Å². The quantitative estimate of drug-likeness (QED) is 0.608. The van der Waals surface area contributed by atoms with Gasteiger partial charge in [-0.2, -0.15) is 0 Å². The van der Waals surface area contributed by atoms with Crippen molar-refractivity contribution in [2.75, 3.05) is 18.6 Å². The third-order valence-electron chi connectivity index (χ3n) is 4.36. The van der Waals surface area contributed by atoms with Crippen LogP contribution in [0.3, 0.4) is 0 Å². The number of anilines is 1. The van der Waals surface area contributed by atoms with E-state index in [1.807, 2.05) is 35.4 Å². The van der Waals surface area contributed by atoms with Gasteiger partial charge in [0.2, 0.25) is 0 Å². The maximum absolute atomic E-state index is 14.2. The van der Waals surface area contributed by atoms with E-state index in [1.165, 1.54) is 12.1 Å². The second-order valence-electron chi connectivity index (χ2n) is 6.19. The molecule has 1 aliphatic heterocycles. The number of benzene rings is 1. The molecule has 0 saturated heterocycles. The minimum atomic E-state index is -0.646. The summed E-state index contributed by atoms with van der Waals surface area (Å²) in [5.41, 5.74) is 2.88. The molecule has 0 spiro atoms. The van der Waals surface area contributed by atoms with Gasteiger partial charge >= 0.3 is 0 Å². The van der Waals surface area contributed by atoms with Gasteiger partial charge in [-0.3, -0.25) is 15.0 Å². The number of hydrogen-bond donors (Lipinski definition) is 0. The van der Waals surface area contributed by atoms with E-state index in [9.17, 15) is 8.78 Å². The van der Waals surface area contributed by atoms with Gasteiger partial charge < -0.3 is 0 Å². The first kappa shape index (κ1) is 17.4. The molecule has 0 N–H and O–H groups in total. The molecule has 1 aromatic carbocycles. The van der Waals surface area contributed by atoms with Crippen molar-refractivity contribution < 1.29 is 8.78 Å². The zero-order chi connectivity index (χ0) is 19.0. The van der Waals surface area contributed by atoms with E-state index >= 15 is 0 Å². The van der Waals surface area contributed by atoms with Crippen molar-refractivity contribution in [3.05, 3.63) is 83.4 Å². The number of rotatable bonds is 3. The Labute approximate surface area is 160 Å². The lowest BCUT2D eigenvalue weighted by atomic mass is 10.1. The topological polar surface area (TPSA) is 32.3 Å². The summed E-state index contributed by atoms with van der Waals surface area (Å²) in [4.78, 5) is 8.52. The van der Waals surface area contributed by atoms with Gasteiger partial charge in [-0.1, -0.05) is 17.7 Å². The number of hydrogen-bond acceptors (Lipinski definition) is 4. The van der Waals surface area contributed by atoms with Crippen LogP contribution in [-0.4, -0.2) is 28.6 Å². The first-order valence-corrected chi connectivity index (χ1v) is 8.63. The van der Waals surface area contributed by atoms with Gasteiger partial charge in [0.1, 0.15) is 22.6 Å². The van der Waals surface area contributed by atoms with E-state index in [0.29, 0.717) is 17.9 Å². The van der Waals surface area contributed by atoms with Gasteiger partial charge in [0, 0.05) is 42.8 Å². The Bertz CT molecular complexity index is 1020. The fourth-order valence-corrected chi connectivity index (χ4v) is 3.27. The lowest BCUT2D eigenvalue weighted by molar-refractivity contribution is 0.451. The highest BCUT2D eigenvalue weighted by atomic mass is 35.5. The van der Waals surface area contributed by atoms with Crippen LogP contribution < -0.4 is 5.01 Å². The first-order valence-electron chi connectivity index (χ1n) is 8.25. The van der Waals surface area contributed by atoms with Crippen molar-refractivity contribution in [3.8, 4) is 11.1 Å². The van der Waals surface area contributed by atoms with Gasteiger partial charge in [-0.15, -0.1) is 0 Å². The van der Waals surface area contributed by atoms with Gasteiger partial charge in [0.25, 0.3) is 0 Å². The lowest BCUT2D eigenvalue weighted by Gasteiger charge is -2.26. The summed E-state index contributed by atoms with van der Waals surface area (Å²) in [5.74, 6) is -0.702. The second-order valence-corrected chi connectivity index (χ2v) is 6.58. The number of aromatic nitrogens is 2. The third-order valence-corrected chi connectivity index (χ3v) is 4.56. The molecule has 2 aromatic heterocycles. The zero-order valence-electron chi connectivity index (χ0n) is 14.4. The van der Waals surface area contributed by atoms with E-state index in [1.54, 1.807) is 24.5 Å². The van der Waals surface area contributed by atoms with Gasteiger partial charge in [-0.25, -0.2) is 13.8 Å². The largest absolute Gasteiger partial charge is 0.294 e. The molecule has 0 fully saturated rings. The van der Waals surface area contributed by atoms with Crippen LogP contribution in [0.25, 0.3) is 16.7 Å². The van der Waals surface area contributed by atoms with Gasteiger partial charge in [-0.05, 0) is 41.5 Å². The maximum atomic E-state index is 14.2. The molecule has 4 rings (SSSR count). The molecule has 0 radical (unpaired) electrons. The first-order chi connectivity index (χ1) is 13.0. The molecule has 0 bridgehead atoms. The van der Waals surface area contributed by atoms with E-state index < -0.39 is 11.6 Å². The Balaban J connectivity index is 1.68. The van der Waals surface area contributed by atoms with Crippen molar-refractivity contribution in [2.24, 2.45) is 0 Å². The summed E-state index contributed by atoms with van der Waals surface area (Å²) in [7, 11) is 1.89. The Morgan fingerprint density at radius 2 is 1.93 bits per heavy atom. The summed E-state index contributed by atoms with van der Waals surface area (Å²) in [6.07, 6.45) is 5.51. The van der Waals surface area contributed by atoms with Gasteiger partial charge in [0.15, 0.2) is 0 Å². The van der Waals surface area contributed by atoms with E-state index in [2.05, 4.69) is 9.97 Å². The highest BCUT2D eigenvalue weighted by Crippen LogP contribution is 2.32. The Morgan fingerprint density at radius 1 is 1.07 bits per heavy atom. The molecular formula is C20H15ClF2N4. The number of nitrogens with zero attached hydrogens (tertiary/aromatic N) is 4. The molecule has 3 heterocycles. The van der Waals surface area contributed by atoms with Crippen molar-refractivity contribution in [1.82, 2.24) is 15.0 Å². The maximum Gasteiger partial charge on any atom is 0.149 e.